The molecule has 3 nitrogen and oxygen atoms in total. The Morgan fingerprint density at radius 2 is 1.90 bits per heavy atom. The molecule has 116 valence electrons. The second-order valence-corrected chi connectivity index (χ2v) is 6.33. The van der Waals surface area contributed by atoms with Crippen LogP contribution in [0.5, 0.6) is 0 Å². The van der Waals surface area contributed by atoms with Gasteiger partial charge >= 0.3 is 0 Å². The monoisotopic (exact) mass is 308 g/mol. The van der Waals surface area contributed by atoms with Gasteiger partial charge in [0.1, 0.15) is 0 Å². The largest absolute Gasteiger partial charge is 0.399 e. The molecule has 1 saturated heterocycles. The molecule has 0 spiro atoms. The molecule has 2 fully saturated rings. The number of carbonyl (C=O) groups is 1. The van der Waals surface area contributed by atoms with Gasteiger partial charge in [-0.1, -0.05) is 18.9 Å². The number of hydrogen-bond donors (Lipinski definition) is 1. The van der Waals surface area contributed by atoms with Crippen molar-refractivity contribution >= 4 is 24.0 Å². The van der Waals surface area contributed by atoms with Crippen molar-refractivity contribution in [3.05, 3.63) is 29.3 Å². The molecule has 1 aromatic rings. The van der Waals surface area contributed by atoms with Gasteiger partial charge in [-0.3, -0.25) is 4.79 Å². The normalized spacial score (nSPS) is 24.9. The Kier molecular flexibility index (Phi) is 5.15. The molecular formula is C17H25ClN2O. The van der Waals surface area contributed by atoms with Crippen LogP contribution in [0.3, 0.4) is 0 Å². The summed E-state index contributed by atoms with van der Waals surface area (Å²) in [6, 6.07) is 6.12. The van der Waals surface area contributed by atoms with E-state index < -0.39 is 0 Å². The predicted octanol–water partition coefficient (Wildman–Crippen LogP) is 3.79. The average Bonchev–Trinajstić information content (AvgIpc) is 2.48. The fourth-order valence-electron chi connectivity index (χ4n) is 3.90. The smallest absolute Gasteiger partial charge is 0.254 e. The number of nitrogens with zero attached hydrogens (tertiary/aromatic N) is 1. The first-order valence-electron chi connectivity index (χ1n) is 7.84. The first-order valence-corrected chi connectivity index (χ1v) is 7.84. The summed E-state index contributed by atoms with van der Waals surface area (Å²) < 4.78 is 0. The number of hydrogen-bond acceptors (Lipinski definition) is 2. The highest BCUT2D eigenvalue weighted by Gasteiger charge is 2.36. The number of halogens is 1. The number of likely N-dealkylation sites (tertiary alicyclic amines) is 1. The number of aryl methyl sites for hydroxylation is 1. The van der Waals surface area contributed by atoms with Gasteiger partial charge < -0.3 is 10.6 Å². The summed E-state index contributed by atoms with van der Waals surface area (Å²) in [7, 11) is 0. The average molecular weight is 309 g/mol. The number of nitrogen functional groups attached to an aromatic ring is 1. The van der Waals surface area contributed by atoms with Crippen LogP contribution in [0.4, 0.5) is 5.69 Å². The van der Waals surface area contributed by atoms with Crippen molar-refractivity contribution in [3.63, 3.8) is 0 Å². The zero-order valence-corrected chi connectivity index (χ0v) is 13.5. The molecule has 2 atom stereocenters. The Bertz CT molecular complexity index is 516. The number of rotatable bonds is 1. The van der Waals surface area contributed by atoms with E-state index in [-0.39, 0.29) is 18.3 Å². The summed E-state index contributed by atoms with van der Waals surface area (Å²) in [5, 5.41) is 0. The minimum atomic E-state index is 0. The molecule has 1 heterocycles. The number of amides is 1. The number of piperidine rings is 1. The summed E-state index contributed by atoms with van der Waals surface area (Å²) in [6.45, 7) is 2.91. The summed E-state index contributed by atoms with van der Waals surface area (Å²) in [5.74, 6) is 0.911. The van der Waals surface area contributed by atoms with Gasteiger partial charge in [0.05, 0.1) is 0 Å². The third kappa shape index (κ3) is 3.18. The number of benzene rings is 1. The lowest BCUT2D eigenvalue weighted by Gasteiger charge is -2.44. The van der Waals surface area contributed by atoms with Crippen LogP contribution in [0.15, 0.2) is 18.2 Å². The van der Waals surface area contributed by atoms with E-state index in [0.29, 0.717) is 11.7 Å². The maximum atomic E-state index is 12.9. The quantitative estimate of drug-likeness (QED) is 0.802. The van der Waals surface area contributed by atoms with Crippen molar-refractivity contribution in [3.8, 4) is 0 Å². The predicted molar refractivity (Wildman–Crippen MR) is 88.9 cm³/mol. The number of fused-ring (bicyclic) bond motifs is 1. The van der Waals surface area contributed by atoms with Gasteiger partial charge in [0, 0.05) is 23.8 Å². The van der Waals surface area contributed by atoms with E-state index in [9.17, 15) is 4.79 Å². The van der Waals surface area contributed by atoms with E-state index in [1.807, 2.05) is 25.1 Å². The van der Waals surface area contributed by atoms with Crippen molar-refractivity contribution in [1.29, 1.82) is 0 Å². The minimum Gasteiger partial charge on any atom is -0.399 e. The molecular weight excluding hydrogens is 284 g/mol. The maximum Gasteiger partial charge on any atom is 0.254 e. The van der Waals surface area contributed by atoms with Gasteiger partial charge in [-0.25, -0.2) is 0 Å². The molecule has 0 aromatic heterocycles. The van der Waals surface area contributed by atoms with Crippen LogP contribution in [0, 0.1) is 12.8 Å². The van der Waals surface area contributed by atoms with E-state index in [1.54, 1.807) is 0 Å². The van der Waals surface area contributed by atoms with E-state index in [1.165, 1.54) is 32.1 Å². The van der Waals surface area contributed by atoms with Crippen LogP contribution in [-0.4, -0.2) is 23.4 Å². The van der Waals surface area contributed by atoms with Crippen LogP contribution in [0.2, 0.25) is 0 Å². The zero-order chi connectivity index (χ0) is 14.1. The lowest BCUT2D eigenvalue weighted by atomic mass is 9.78. The Labute approximate surface area is 133 Å². The summed E-state index contributed by atoms with van der Waals surface area (Å²) in [6.07, 6.45) is 7.52. The van der Waals surface area contributed by atoms with Gasteiger partial charge in [0.2, 0.25) is 0 Å². The molecule has 2 aliphatic rings. The van der Waals surface area contributed by atoms with Crippen molar-refractivity contribution in [2.45, 2.75) is 51.5 Å². The molecule has 0 radical (unpaired) electrons. The van der Waals surface area contributed by atoms with E-state index >= 15 is 0 Å². The summed E-state index contributed by atoms with van der Waals surface area (Å²) >= 11 is 0. The Morgan fingerprint density at radius 1 is 1.19 bits per heavy atom. The summed E-state index contributed by atoms with van der Waals surface area (Å²) in [4.78, 5) is 15.0. The number of carbonyl (C=O) groups excluding carboxylic acids is 1. The van der Waals surface area contributed by atoms with Crippen LogP contribution in [-0.2, 0) is 0 Å². The van der Waals surface area contributed by atoms with Gasteiger partial charge in [-0.05, 0) is 56.2 Å². The highest BCUT2D eigenvalue weighted by Crippen LogP contribution is 2.36. The Hall–Kier alpha value is -1.22. The molecule has 1 aliphatic carbocycles. The van der Waals surface area contributed by atoms with Crippen molar-refractivity contribution in [2.75, 3.05) is 12.3 Å². The minimum absolute atomic E-state index is 0. The molecule has 1 aliphatic heterocycles. The van der Waals surface area contributed by atoms with Crippen LogP contribution >= 0.6 is 12.4 Å². The summed E-state index contributed by atoms with van der Waals surface area (Å²) in [5.41, 5.74) is 8.35. The SMILES string of the molecule is Cc1ccc(N)cc1C(=O)N1CCCC2CCCCC21.Cl. The first kappa shape index (κ1) is 16.2. The van der Waals surface area contributed by atoms with Crippen molar-refractivity contribution < 1.29 is 4.79 Å². The lowest BCUT2D eigenvalue weighted by Crippen LogP contribution is -2.49. The zero-order valence-electron chi connectivity index (χ0n) is 12.7. The Morgan fingerprint density at radius 3 is 2.71 bits per heavy atom. The third-order valence-electron chi connectivity index (χ3n) is 5.00. The molecule has 21 heavy (non-hydrogen) atoms. The van der Waals surface area contributed by atoms with Crippen LogP contribution in [0.25, 0.3) is 0 Å². The second kappa shape index (κ2) is 6.69. The highest BCUT2D eigenvalue weighted by atomic mass is 35.5. The topological polar surface area (TPSA) is 46.3 Å². The van der Waals surface area contributed by atoms with Gasteiger partial charge in [-0.15, -0.1) is 12.4 Å². The maximum absolute atomic E-state index is 12.9. The van der Waals surface area contributed by atoms with Crippen molar-refractivity contribution in [2.24, 2.45) is 5.92 Å². The van der Waals surface area contributed by atoms with Crippen LogP contribution < -0.4 is 5.73 Å². The third-order valence-corrected chi connectivity index (χ3v) is 5.00. The molecule has 1 saturated carbocycles. The first-order chi connectivity index (χ1) is 9.66. The molecule has 1 amide bonds. The Balaban J connectivity index is 0.00000161. The lowest BCUT2D eigenvalue weighted by molar-refractivity contribution is 0.0390. The number of nitrogens with two attached hydrogens (primary N) is 1. The van der Waals surface area contributed by atoms with Gasteiger partial charge in [0.25, 0.3) is 5.91 Å². The molecule has 3 rings (SSSR count). The number of anilines is 1. The van der Waals surface area contributed by atoms with Crippen LogP contribution in [0.1, 0.15) is 54.4 Å². The van der Waals surface area contributed by atoms with E-state index in [0.717, 1.165) is 30.0 Å². The van der Waals surface area contributed by atoms with Gasteiger partial charge in [0.15, 0.2) is 0 Å². The molecule has 0 bridgehead atoms. The second-order valence-electron chi connectivity index (χ2n) is 6.33. The van der Waals surface area contributed by atoms with E-state index in [4.69, 9.17) is 5.73 Å². The molecule has 4 heteroatoms. The van der Waals surface area contributed by atoms with Gasteiger partial charge in [-0.2, -0.15) is 0 Å². The fourth-order valence-corrected chi connectivity index (χ4v) is 3.90. The molecule has 1 aromatic carbocycles. The fraction of sp³-hybridized carbons (Fsp3) is 0.588. The highest BCUT2D eigenvalue weighted by molar-refractivity contribution is 5.96. The van der Waals surface area contributed by atoms with E-state index in [2.05, 4.69) is 4.90 Å². The van der Waals surface area contributed by atoms with Crippen molar-refractivity contribution in [1.82, 2.24) is 4.90 Å². The molecule has 2 unspecified atom stereocenters. The standard InChI is InChI=1S/C17H24N2O.ClH/c1-12-8-9-14(18)11-15(12)17(20)19-10-4-6-13-5-2-3-7-16(13)19;/h8-9,11,13,16H,2-7,10,18H2,1H3;1H. The molecule has 2 N–H and O–H groups in total.